The molecule has 2 aromatic carbocycles. The lowest BCUT2D eigenvalue weighted by atomic mass is 10.2. The SMILES string of the molecule is CCNS(=O)(=O)c1ccc(C(=O)OCC(=O)Nc2ccc(Cl)cc2F)cc1. The van der Waals surface area contributed by atoms with Crippen LogP contribution in [0.1, 0.15) is 17.3 Å². The third-order valence-corrected chi connectivity index (χ3v) is 5.07. The molecule has 0 aliphatic carbocycles. The Morgan fingerprint density at radius 3 is 2.41 bits per heavy atom. The van der Waals surface area contributed by atoms with E-state index in [0.717, 1.165) is 6.07 Å². The maximum Gasteiger partial charge on any atom is 0.338 e. The molecule has 0 aliphatic rings. The summed E-state index contributed by atoms with van der Waals surface area (Å²) in [5.74, 6) is -2.29. The quantitative estimate of drug-likeness (QED) is 0.678. The molecular formula is C17H16ClFN2O5S. The second-order valence-electron chi connectivity index (χ2n) is 5.27. The zero-order valence-electron chi connectivity index (χ0n) is 14.2. The van der Waals surface area contributed by atoms with Gasteiger partial charge in [0.25, 0.3) is 5.91 Å². The summed E-state index contributed by atoms with van der Waals surface area (Å²) >= 11 is 5.62. The summed E-state index contributed by atoms with van der Waals surface area (Å²) in [6.45, 7) is 1.23. The molecule has 10 heteroatoms. The lowest BCUT2D eigenvalue weighted by Crippen LogP contribution is -2.23. The molecule has 0 saturated carbocycles. The summed E-state index contributed by atoms with van der Waals surface area (Å²) in [4.78, 5) is 23.7. The van der Waals surface area contributed by atoms with E-state index in [4.69, 9.17) is 16.3 Å². The Morgan fingerprint density at radius 1 is 1.15 bits per heavy atom. The van der Waals surface area contributed by atoms with Crippen LogP contribution in [0.5, 0.6) is 0 Å². The summed E-state index contributed by atoms with van der Waals surface area (Å²) in [6, 6.07) is 8.74. The monoisotopic (exact) mass is 414 g/mol. The first-order chi connectivity index (χ1) is 12.7. The summed E-state index contributed by atoms with van der Waals surface area (Å²) in [5.41, 5.74) is -0.0330. The number of hydrogen-bond acceptors (Lipinski definition) is 5. The minimum absolute atomic E-state index is 0.00291. The molecule has 2 rings (SSSR count). The second-order valence-corrected chi connectivity index (χ2v) is 7.48. The molecule has 1 amide bonds. The predicted molar refractivity (Wildman–Crippen MR) is 97.6 cm³/mol. The number of carbonyl (C=O) groups is 2. The molecule has 0 bridgehead atoms. The van der Waals surface area contributed by atoms with Gasteiger partial charge in [0, 0.05) is 11.6 Å². The van der Waals surface area contributed by atoms with Crippen molar-refractivity contribution in [3.63, 3.8) is 0 Å². The van der Waals surface area contributed by atoms with Crippen molar-refractivity contribution in [2.45, 2.75) is 11.8 Å². The number of hydrogen-bond donors (Lipinski definition) is 2. The fraction of sp³-hybridized carbons (Fsp3) is 0.176. The zero-order chi connectivity index (χ0) is 20.0. The van der Waals surface area contributed by atoms with E-state index in [1.165, 1.54) is 36.4 Å². The predicted octanol–water partition coefficient (Wildman–Crippen LogP) is 2.57. The van der Waals surface area contributed by atoms with Gasteiger partial charge in [-0.05, 0) is 42.5 Å². The molecule has 27 heavy (non-hydrogen) atoms. The number of ether oxygens (including phenoxy) is 1. The summed E-state index contributed by atoms with van der Waals surface area (Å²) in [6.07, 6.45) is 0. The number of rotatable bonds is 7. The van der Waals surface area contributed by atoms with Crippen LogP contribution in [0.3, 0.4) is 0 Å². The first-order valence-electron chi connectivity index (χ1n) is 7.74. The van der Waals surface area contributed by atoms with Crippen LogP contribution in [-0.4, -0.2) is 33.4 Å². The van der Waals surface area contributed by atoms with E-state index in [1.54, 1.807) is 6.92 Å². The van der Waals surface area contributed by atoms with E-state index in [-0.39, 0.29) is 27.7 Å². The largest absolute Gasteiger partial charge is 0.452 e. The molecule has 0 unspecified atom stereocenters. The third kappa shape index (κ3) is 5.75. The number of anilines is 1. The Balaban J connectivity index is 1.94. The minimum Gasteiger partial charge on any atom is -0.452 e. The molecular weight excluding hydrogens is 399 g/mol. The standard InChI is InChI=1S/C17H16ClFN2O5S/c1-2-20-27(24,25)13-6-3-11(4-7-13)17(23)26-10-16(22)21-15-8-5-12(18)9-14(15)19/h3-9,20H,2,10H2,1H3,(H,21,22). The third-order valence-electron chi connectivity index (χ3n) is 3.27. The van der Waals surface area contributed by atoms with Gasteiger partial charge in [-0.15, -0.1) is 0 Å². The molecule has 0 aromatic heterocycles. The van der Waals surface area contributed by atoms with Gasteiger partial charge >= 0.3 is 5.97 Å². The lowest BCUT2D eigenvalue weighted by Gasteiger charge is -2.08. The van der Waals surface area contributed by atoms with Crippen molar-refractivity contribution in [1.82, 2.24) is 4.72 Å². The molecule has 0 atom stereocenters. The van der Waals surface area contributed by atoms with E-state index in [1.807, 2.05) is 0 Å². The van der Waals surface area contributed by atoms with Crippen LogP contribution >= 0.6 is 11.6 Å². The summed E-state index contributed by atoms with van der Waals surface area (Å²) in [7, 11) is -3.63. The van der Waals surface area contributed by atoms with Crippen LogP contribution in [0.25, 0.3) is 0 Å². The van der Waals surface area contributed by atoms with E-state index >= 15 is 0 Å². The number of esters is 1. The Bertz CT molecular complexity index is 948. The van der Waals surface area contributed by atoms with E-state index < -0.39 is 34.3 Å². The smallest absolute Gasteiger partial charge is 0.338 e. The molecule has 2 N–H and O–H groups in total. The van der Waals surface area contributed by atoms with Gasteiger partial charge in [0.1, 0.15) is 5.82 Å². The first kappa shape index (κ1) is 20.8. The Kier molecular flexibility index (Phi) is 6.89. The molecule has 7 nitrogen and oxygen atoms in total. The molecule has 0 saturated heterocycles. The van der Waals surface area contributed by atoms with Gasteiger partial charge in [-0.3, -0.25) is 4.79 Å². The van der Waals surface area contributed by atoms with Gasteiger partial charge in [0.2, 0.25) is 10.0 Å². The fourth-order valence-corrected chi connectivity index (χ4v) is 3.23. The molecule has 0 spiro atoms. The fourth-order valence-electron chi connectivity index (χ4n) is 2.04. The lowest BCUT2D eigenvalue weighted by molar-refractivity contribution is -0.119. The van der Waals surface area contributed by atoms with Crippen LogP contribution in [0.4, 0.5) is 10.1 Å². The Labute approximate surface area is 160 Å². The first-order valence-corrected chi connectivity index (χ1v) is 9.61. The highest BCUT2D eigenvalue weighted by atomic mass is 35.5. The Morgan fingerprint density at radius 2 is 1.81 bits per heavy atom. The van der Waals surface area contributed by atoms with Gasteiger partial charge in [0.15, 0.2) is 6.61 Å². The van der Waals surface area contributed by atoms with Crippen LogP contribution in [0.15, 0.2) is 47.4 Å². The van der Waals surface area contributed by atoms with E-state index in [2.05, 4.69) is 10.0 Å². The number of benzene rings is 2. The van der Waals surface area contributed by atoms with Crippen molar-refractivity contribution in [1.29, 1.82) is 0 Å². The number of halogens is 2. The molecule has 0 fully saturated rings. The highest BCUT2D eigenvalue weighted by molar-refractivity contribution is 7.89. The van der Waals surface area contributed by atoms with E-state index in [9.17, 15) is 22.4 Å². The van der Waals surface area contributed by atoms with Crippen molar-refractivity contribution < 1.29 is 27.1 Å². The number of carbonyl (C=O) groups excluding carboxylic acids is 2. The Hall–Kier alpha value is -2.49. The maximum absolute atomic E-state index is 13.6. The van der Waals surface area contributed by atoms with E-state index in [0.29, 0.717) is 0 Å². The molecule has 0 radical (unpaired) electrons. The van der Waals surface area contributed by atoms with Crippen LogP contribution in [0.2, 0.25) is 5.02 Å². The van der Waals surface area contributed by atoms with Crippen LogP contribution < -0.4 is 10.0 Å². The molecule has 0 heterocycles. The number of nitrogens with one attached hydrogen (secondary N) is 2. The van der Waals surface area contributed by atoms with Crippen molar-refractivity contribution >= 4 is 39.2 Å². The van der Waals surface area contributed by atoms with Crippen molar-refractivity contribution in [3.05, 3.63) is 58.9 Å². The topological polar surface area (TPSA) is 102 Å². The zero-order valence-corrected chi connectivity index (χ0v) is 15.7. The normalized spacial score (nSPS) is 11.1. The second kappa shape index (κ2) is 8.94. The molecule has 144 valence electrons. The van der Waals surface area contributed by atoms with Crippen molar-refractivity contribution in [2.75, 3.05) is 18.5 Å². The average molecular weight is 415 g/mol. The summed E-state index contributed by atoms with van der Waals surface area (Å²) < 4.78 is 44.4. The van der Waals surface area contributed by atoms with Gasteiger partial charge in [0.05, 0.1) is 16.1 Å². The van der Waals surface area contributed by atoms with Crippen LogP contribution in [0, 0.1) is 5.82 Å². The number of amides is 1. The average Bonchev–Trinajstić information content (AvgIpc) is 2.62. The van der Waals surface area contributed by atoms with Crippen molar-refractivity contribution in [2.24, 2.45) is 0 Å². The highest BCUT2D eigenvalue weighted by Crippen LogP contribution is 2.18. The van der Waals surface area contributed by atoms with Gasteiger partial charge in [-0.1, -0.05) is 18.5 Å². The number of sulfonamides is 1. The van der Waals surface area contributed by atoms with Gasteiger partial charge in [-0.25, -0.2) is 22.3 Å². The summed E-state index contributed by atoms with van der Waals surface area (Å²) in [5, 5.41) is 2.43. The van der Waals surface area contributed by atoms with Crippen LogP contribution in [-0.2, 0) is 19.6 Å². The van der Waals surface area contributed by atoms with Gasteiger partial charge < -0.3 is 10.1 Å². The van der Waals surface area contributed by atoms with Crippen molar-refractivity contribution in [3.8, 4) is 0 Å². The van der Waals surface area contributed by atoms with Gasteiger partial charge in [-0.2, -0.15) is 0 Å². The molecule has 2 aromatic rings. The maximum atomic E-state index is 13.6. The molecule has 0 aliphatic heterocycles. The minimum atomic E-state index is -3.63. The highest BCUT2D eigenvalue weighted by Gasteiger charge is 2.15.